The number of hydrogen-bond donors (Lipinski definition) is 0. The molecule has 2 aliphatic carbocycles. The van der Waals surface area contributed by atoms with E-state index >= 15 is 0 Å². The molecular formula is C32H59BO. The second kappa shape index (κ2) is 15.8. The number of unbranched alkanes of at least 4 members (excludes halogenated alkanes) is 11. The van der Waals surface area contributed by atoms with Gasteiger partial charge in [0.1, 0.15) is 6.71 Å². The summed E-state index contributed by atoms with van der Waals surface area (Å²) >= 11 is 0. The van der Waals surface area contributed by atoms with Crippen LogP contribution in [0, 0.1) is 29.1 Å². The molecule has 0 radical (unpaired) electrons. The summed E-state index contributed by atoms with van der Waals surface area (Å²) in [7, 11) is 0. The highest BCUT2D eigenvalue weighted by molar-refractivity contribution is 6.59. The lowest BCUT2D eigenvalue weighted by Gasteiger charge is -2.40. The number of hydrogen-bond acceptors (Lipinski definition) is 1. The molecule has 4 unspecified atom stereocenters. The Labute approximate surface area is 214 Å². The van der Waals surface area contributed by atoms with Crippen LogP contribution in [0.4, 0.5) is 0 Å². The van der Waals surface area contributed by atoms with Crippen molar-refractivity contribution in [2.45, 2.75) is 149 Å². The second-order valence-electron chi connectivity index (χ2n) is 12.6. The zero-order valence-corrected chi connectivity index (χ0v) is 23.5. The molecule has 0 aromatic heterocycles. The van der Waals surface area contributed by atoms with Crippen LogP contribution in [0.1, 0.15) is 130 Å². The lowest BCUT2D eigenvalue weighted by Crippen LogP contribution is -2.33. The first kappa shape index (κ1) is 28.3. The van der Waals surface area contributed by atoms with Crippen molar-refractivity contribution in [2.75, 3.05) is 13.2 Å². The van der Waals surface area contributed by atoms with Crippen molar-refractivity contribution in [3.8, 4) is 0 Å². The third-order valence-corrected chi connectivity index (χ3v) is 10.7. The van der Waals surface area contributed by atoms with Gasteiger partial charge in [-0.25, -0.2) is 0 Å². The van der Waals surface area contributed by atoms with Gasteiger partial charge in [-0.3, -0.25) is 0 Å². The number of fused-ring (bicyclic) bond motifs is 1. The third kappa shape index (κ3) is 8.14. The van der Waals surface area contributed by atoms with Crippen LogP contribution in [-0.2, 0) is 4.74 Å². The maximum atomic E-state index is 5.64. The van der Waals surface area contributed by atoms with E-state index in [-0.39, 0.29) is 0 Å². The van der Waals surface area contributed by atoms with Crippen molar-refractivity contribution in [1.29, 1.82) is 0 Å². The largest absolute Gasteiger partial charge is 0.383 e. The van der Waals surface area contributed by atoms with Gasteiger partial charge in [-0.15, -0.1) is 0 Å². The fourth-order valence-electron chi connectivity index (χ4n) is 8.13. The van der Waals surface area contributed by atoms with E-state index in [4.69, 9.17) is 4.74 Å². The summed E-state index contributed by atoms with van der Waals surface area (Å²) in [6.07, 6.45) is 33.5. The molecule has 196 valence electrons. The fraction of sp³-hybridized carbons (Fsp3) is 0.938. The molecule has 34 heavy (non-hydrogen) atoms. The van der Waals surface area contributed by atoms with Crippen molar-refractivity contribution in [1.82, 2.24) is 0 Å². The van der Waals surface area contributed by atoms with Crippen LogP contribution in [0.15, 0.2) is 12.2 Å². The lowest BCUT2D eigenvalue weighted by atomic mass is 9.40. The van der Waals surface area contributed by atoms with Crippen LogP contribution in [0.5, 0.6) is 0 Å². The van der Waals surface area contributed by atoms with E-state index in [1.807, 2.05) is 0 Å². The van der Waals surface area contributed by atoms with Gasteiger partial charge in [-0.2, -0.15) is 0 Å². The van der Waals surface area contributed by atoms with Gasteiger partial charge in [0, 0.05) is 13.2 Å². The van der Waals surface area contributed by atoms with Crippen molar-refractivity contribution in [2.24, 2.45) is 29.1 Å². The van der Waals surface area contributed by atoms with Gasteiger partial charge >= 0.3 is 0 Å². The predicted octanol–water partition coefficient (Wildman–Crippen LogP) is 10.2. The third-order valence-electron chi connectivity index (χ3n) is 10.7. The minimum Gasteiger partial charge on any atom is -0.383 e. The lowest BCUT2D eigenvalue weighted by molar-refractivity contribution is 0.112. The Kier molecular flexibility index (Phi) is 13.2. The standard InChI is InChI=1S/C32H59BO/c1-4-5-6-7-8-9-10-11-12-13-14-15-16-17-18-21-32(22-23-33-24-26-34-27-25-33)28(2)30-19-20-31(30)29(32)3/h11-12,28-31H,4-10,13-27H2,1-3H3/b12-11-. The fourth-order valence-corrected chi connectivity index (χ4v) is 8.13. The van der Waals surface area contributed by atoms with Crippen molar-refractivity contribution in [3.05, 3.63) is 12.2 Å². The van der Waals surface area contributed by atoms with E-state index in [9.17, 15) is 0 Å². The van der Waals surface area contributed by atoms with Gasteiger partial charge in [0.15, 0.2) is 0 Å². The molecule has 1 saturated heterocycles. The molecule has 0 aromatic rings. The molecular weight excluding hydrogens is 411 g/mol. The second-order valence-corrected chi connectivity index (χ2v) is 12.6. The number of rotatable bonds is 18. The Balaban J connectivity index is 1.28. The minimum absolute atomic E-state index is 0.656. The summed E-state index contributed by atoms with van der Waals surface area (Å²) in [6, 6.07) is 0. The van der Waals surface area contributed by atoms with Gasteiger partial charge in [0.05, 0.1) is 0 Å². The van der Waals surface area contributed by atoms with Crippen LogP contribution >= 0.6 is 0 Å². The quantitative estimate of drug-likeness (QED) is 0.110. The zero-order valence-electron chi connectivity index (χ0n) is 23.5. The Morgan fingerprint density at radius 2 is 1.24 bits per heavy atom. The van der Waals surface area contributed by atoms with Crippen LogP contribution in [-0.4, -0.2) is 19.9 Å². The van der Waals surface area contributed by atoms with Crippen molar-refractivity contribution < 1.29 is 4.74 Å². The van der Waals surface area contributed by atoms with Gasteiger partial charge in [-0.05, 0) is 74.0 Å². The molecule has 4 atom stereocenters. The maximum Gasteiger partial charge on any atom is 0.144 e. The van der Waals surface area contributed by atoms with E-state index in [1.54, 1.807) is 0 Å². The molecule has 0 N–H and O–H groups in total. The van der Waals surface area contributed by atoms with Crippen LogP contribution in [0.2, 0.25) is 19.0 Å². The molecule has 2 saturated carbocycles. The number of allylic oxidation sites excluding steroid dienone is 2. The molecule has 0 amide bonds. The number of ether oxygens (including phenoxy) is 1. The molecule has 0 spiro atoms. The van der Waals surface area contributed by atoms with E-state index in [1.165, 1.54) is 128 Å². The van der Waals surface area contributed by atoms with E-state index in [0.29, 0.717) is 5.41 Å². The summed E-state index contributed by atoms with van der Waals surface area (Å²) in [5.41, 5.74) is 0.656. The topological polar surface area (TPSA) is 9.23 Å². The highest BCUT2D eigenvalue weighted by Crippen LogP contribution is 2.65. The Morgan fingerprint density at radius 3 is 1.79 bits per heavy atom. The van der Waals surface area contributed by atoms with E-state index in [0.717, 1.165) is 43.6 Å². The molecule has 2 heteroatoms. The van der Waals surface area contributed by atoms with Crippen LogP contribution in [0.25, 0.3) is 0 Å². The van der Waals surface area contributed by atoms with Crippen molar-refractivity contribution >= 4 is 6.71 Å². The molecule has 0 aromatic carbocycles. The van der Waals surface area contributed by atoms with E-state index in [2.05, 4.69) is 32.9 Å². The summed E-state index contributed by atoms with van der Waals surface area (Å²) in [6.45, 7) is 10.6. The first-order valence-electron chi connectivity index (χ1n) is 15.9. The first-order chi connectivity index (χ1) is 16.7. The highest BCUT2D eigenvalue weighted by atomic mass is 16.5. The molecule has 1 nitrogen and oxygen atoms in total. The summed E-state index contributed by atoms with van der Waals surface area (Å²) in [5, 5.41) is 0. The predicted molar refractivity (Wildman–Crippen MR) is 152 cm³/mol. The molecule has 3 fully saturated rings. The summed E-state index contributed by atoms with van der Waals surface area (Å²) in [5.74, 6) is 4.07. The highest BCUT2D eigenvalue weighted by Gasteiger charge is 2.58. The molecule has 3 rings (SSSR count). The maximum absolute atomic E-state index is 5.64. The Bertz CT molecular complexity index is 535. The van der Waals surface area contributed by atoms with Crippen LogP contribution in [0.3, 0.4) is 0 Å². The van der Waals surface area contributed by atoms with Gasteiger partial charge < -0.3 is 4.74 Å². The zero-order chi connectivity index (χ0) is 24.1. The van der Waals surface area contributed by atoms with Crippen LogP contribution < -0.4 is 0 Å². The Hall–Kier alpha value is -0.235. The molecule has 3 aliphatic rings. The minimum atomic E-state index is 0.656. The van der Waals surface area contributed by atoms with Gasteiger partial charge in [-0.1, -0.05) is 116 Å². The van der Waals surface area contributed by atoms with Crippen molar-refractivity contribution in [3.63, 3.8) is 0 Å². The molecule has 1 heterocycles. The Morgan fingerprint density at radius 1 is 0.706 bits per heavy atom. The average Bonchev–Trinajstić information content (AvgIpc) is 2.96. The average molecular weight is 471 g/mol. The monoisotopic (exact) mass is 470 g/mol. The van der Waals surface area contributed by atoms with E-state index < -0.39 is 0 Å². The molecule has 1 aliphatic heterocycles. The smallest absolute Gasteiger partial charge is 0.144 e. The summed E-state index contributed by atoms with van der Waals surface area (Å²) < 4.78 is 5.64. The van der Waals surface area contributed by atoms with Gasteiger partial charge in [0.2, 0.25) is 0 Å². The first-order valence-corrected chi connectivity index (χ1v) is 15.9. The molecule has 0 bridgehead atoms. The summed E-state index contributed by atoms with van der Waals surface area (Å²) in [4.78, 5) is 0. The van der Waals surface area contributed by atoms with Gasteiger partial charge in [0.25, 0.3) is 0 Å². The SMILES string of the molecule is CCCCCCCC/C=C\CCCCCCCC1(CCB2CCOCC2)C(C)C2CCC2C1C. The normalized spacial score (nSPS) is 31.2.